The van der Waals surface area contributed by atoms with E-state index < -0.39 is 5.60 Å². The van der Waals surface area contributed by atoms with Gasteiger partial charge in [-0.3, -0.25) is 9.78 Å². The summed E-state index contributed by atoms with van der Waals surface area (Å²) in [6.07, 6.45) is 2.15. The van der Waals surface area contributed by atoms with E-state index in [1.54, 1.807) is 39.1 Å². The van der Waals surface area contributed by atoms with Crippen molar-refractivity contribution in [3.8, 4) is 0 Å². The number of nitrogens with zero attached hydrogens (tertiary/aromatic N) is 1. The lowest BCUT2D eigenvalue weighted by Crippen LogP contribution is -2.50. The third-order valence-corrected chi connectivity index (χ3v) is 4.70. The summed E-state index contributed by atoms with van der Waals surface area (Å²) >= 11 is 1.63. The molecule has 22 heavy (non-hydrogen) atoms. The summed E-state index contributed by atoms with van der Waals surface area (Å²) < 4.78 is 16.0. The van der Waals surface area contributed by atoms with Gasteiger partial charge in [-0.15, -0.1) is 11.8 Å². The third kappa shape index (κ3) is 5.35. The first-order valence-electron chi connectivity index (χ1n) is 7.17. The summed E-state index contributed by atoms with van der Waals surface area (Å²) in [6.45, 7) is 3.66. The summed E-state index contributed by atoms with van der Waals surface area (Å²) in [4.78, 5) is 16.7. The number of ketones is 1. The zero-order chi connectivity index (χ0) is 16.4. The maximum absolute atomic E-state index is 12.4. The van der Waals surface area contributed by atoms with Crippen molar-refractivity contribution < 1.29 is 19.0 Å². The summed E-state index contributed by atoms with van der Waals surface area (Å²) in [7, 11) is 3.21. The minimum absolute atomic E-state index is 0.00214. The SMILES string of the molecule is COCOC(Cc1ccccn1)(C(C)=O)C(C)CSCOC. The second-order valence-corrected chi connectivity index (χ2v) is 6.15. The first-order valence-corrected chi connectivity index (χ1v) is 8.32. The van der Waals surface area contributed by atoms with Gasteiger partial charge in [-0.2, -0.15) is 0 Å². The number of ether oxygens (including phenoxy) is 3. The number of Topliss-reactive ketones (excluding diaryl/α,β-unsaturated/α-hetero) is 1. The van der Waals surface area contributed by atoms with Crippen LogP contribution in [-0.4, -0.2) is 49.1 Å². The molecule has 0 aromatic carbocycles. The highest BCUT2D eigenvalue weighted by molar-refractivity contribution is 7.99. The Morgan fingerprint density at radius 3 is 2.68 bits per heavy atom. The van der Waals surface area contributed by atoms with Crippen LogP contribution in [0.15, 0.2) is 24.4 Å². The van der Waals surface area contributed by atoms with Crippen LogP contribution in [0.5, 0.6) is 0 Å². The van der Waals surface area contributed by atoms with Crippen molar-refractivity contribution in [2.45, 2.75) is 25.9 Å². The van der Waals surface area contributed by atoms with E-state index in [1.807, 2.05) is 25.1 Å². The molecule has 0 spiro atoms. The average molecular weight is 327 g/mol. The molecule has 0 saturated carbocycles. The van der Waals surface area contributed by atoms with Crippen molar-refractivity contribution in [3.63, 3.8) is 0 Å². The van der Waals surface area contributed by atoms with E-state index in [0.717, 1.165) is 11.4 Å². The highest BCUT2D eigenvalue weighted by atomic mass is 32.2. The summed E-state index contributed by atoms with van der Waals surface area (Å²) in [5, 5.41) is 0. The number of pyridine rings is 1. The molecule has 0 aliphatic carbocycles. The molecule has 0 fully saturated rings. The molecule has 1 aromatic heterocycles. The summed E-state index contributed by atoms with van der Waals surface area (Å²) in [5.74, 6) is 1.33. The van der Waals surface area contributed by atoms with E-state index in [-0.39, 0.29) is 18.5 Å². The minimum Gasteiger partial charge on any atom is -0.374 e. The third-order valence-electron chi connectivity index (χ3n) is 3.57. The molecule has 6 heteroatoms. The summed E-state index contributed by atoms with van der Waals surface area (Å²) in [5.41, 5.74) is -0.108. The van der Waals surface area contributed by atoms with Crippen LogP contribution in [0.4, 0.5) is 0 Å². The monoisotopic (exact) mass is 327 g/mol. The lowest BCUT2D eigenvalue weighted by Gasteiger charge is -2.36. The van der Waals surface area contributed by atoms with Crippen LogP contribution in [0.3, 0.4) is 0 Å². The van der Waals surface area contributed by atoms with E-state index in [2.05, 4.69) is 4.98 Å². The Bertz CT molecular complexity index is 443. The second-order valence-electron chi connectivity index (χ2n) is 5.17. The van der Waals surface area contributed by atoms with Gasteiger partial charge in [0, 0.05) is 44.2 Å². The van der Waals surface area contributed by atoms with Crippen molar-refractivity contribution in [1.82, 2.24) is 4.98 Å². The molecule has 0 bridgehead atoms. The molecule has 1 aromatic rings. The van der Waals surface area contributed by atoms with Gasteiger partial charge in [0.2, 0.25) is 0 Å². The number of aromatic nitrogens is 1. The number of carbonyl (C=O) groups is 1. The molecule has 0 saturated heterocycles. The topological polar surface area (TPSA) is 57.7 Å². The predicted octanol–water partition coefficient (Wildman–Crippen LogP) is 2.55. The fourth-order valence-electron chi connectivity index (χ4n) is 2.32. The van der Waals surface area contributed by atoms with Gasteiger partial charge in [-0.1, -0.05) is 13.0 Å². The molecule has 5 nitrogen and oxygen atoms in total. The van der Waals surface area contributed by atoms with E-state index in [4.69, 9.17) is 14.2 Å². The largest absolute Gasteiger partial charge is 0.374 e. The lowest BCUT2D eigenvalue weighted by atomic mass is 9.82. The maximum Gasteiger partial charge on any atom is 0.162 e. The molecule has 0 amide bonds. The Morgan fingerprint density at radius 1 is 1.36 bits per heavy atom. The second kappa shape index (κ2) is 9.94. The molecule has 124 valence electrons. The standard InChI is InChI=1S/C16H25NO4S/c1-13(10-22-12-20-4)16(14(2)18,21-11-19-3)9-15-7-5-6-8-17-15/h5-8,13H,9-12H2,1-4H3. The summed E-state index contributed by atoms with van der Waals surface area (Å²) in [6, 6.07) is 5.67. The molecular formula is C16H25NO4S. The van der Waals surface area contributed by atoms with Crippen molar-refractivity contribution in [1.29, 1.82) is 0 Å². The van der Waals surface area contributed by atoms with Gasteiger partial charge in [0.25, 0.3) is 0 Å². The zero-order valence-corrected chi connectivity index (χ0v) is 14.5. The quantitative estimate of drug-likeness (QED) is 0.460. The number of thioether (sulfide) groups is 1. The van der Waals surface area contributed by atoms with Gasteiger partial charge >= 0.3 is 0 Å². The molecule has 0 N–H and O–H groups in total. The van der Waals surface area contributed by atoms with Crippen LogP contribution in [0, 0.1) is 5.92 Å². The minimum atomic E-state index is -0.939. The molecule has 2 atom stereocenters. The smallest absolute Gasteiger partial charge is 0.162 e. The number of hydrogen-bond acceptors (Lipinski definition) is 6. The van der Waals surface area contributed by atoms with Crippen LogP contribution < -0.4 is 0 Å². The van der Waals surface area contributed by atoms with E-state index in [1.165, 1.54) is 0 Å². The van der Waals surface area contributed by atoms with Gasteiger partial charge in [0.05, 0.1) is 5.94 Å². The normalized spacial score (nSPS) is 15.3. The van der Waals surface area contributed by atoms with Crippen LogP contribution in [0.1, 0.15) is 19.5 Å². The first-order chi connectivity index (χ1) is 10.6. The first kappa shape index (κ1) is 19.1. The van der Waals surface area contributed by atoms with Gasteiger partial charge < -0.3 is 14.2 Å². The molecule has 2 unspecified atom stereocenters. The van der Waals surface area contributed by atoms with Crippen LogP contribution in [0.2, 0.25) is 0 Å². The van der Waals surface area contributed by atoms with Gasteiger partial charge in [-0.25, -0.2) is 0 Å². The molecule has 0 aliphatic rings. The Morgan fingerprint density at radius 2 is 2.14 bits per heavy atom. The Labute approximate surface area is 136 Å². The van der Waals surface area contributed by atoms with Crippen molar-refractivity contribution in [2.24, 2.45) is 5.92 Å². The highest BCUT2D eigenvalue weighted by Crippen LogP contribution is 2.30. The highest BCUT2D eigenvalue weighted by Gasteiger charge is 2.42. The van der Waals surface area contributed by atoms with Gasteiger partial charge in [-0.05, 0) is 19.1 Å². The Kier molecular flexibility index (Phi) is 8.63. The molecule has 0 radical (unpaired) electrons. The Hall–Kier alpha value is -0.950. The van der Waals surface area contributed by atoms with Crippen molar-refractivity contribution in [3.05, 3.63) is 30.1 Å². The fraction of sp³-hybridized carbons (Fsp3) is 0.625. The predicted molar refractivity (Wildman–Crippen MR) is 87.8 cm³/mol. The molecule has 1 heterocycles. The number of methoxy groups -OCH3 is 2. The van der Waals surface area contributed by atoms with Crippen LogP contribution >= 0.6 is 11.8 Å². The van der Waals surface area contributed by atoms with Gasteiger partial charge in [0.1, 0.15) is 12.4 Å². The van der Waals surface area contributed by atoms with Crippen molar-refractivity contribution in [2.75, 3.05) is 32.7 Å². The Balaban J connectivity index is 2.96. The molecule has 1 rings (SSSR count). The number of carbonyl (C=O) groups excluding carboxylic acids is 1. The van der Waals surface area contributed by atoms with E-state index in [9.17, 15) is 4.79 Å². The zero-order valence-electron chi connectivity index (χ0n) is 13.7. The van der Waals surface area contributed by atoms with Crippen LogP contribution in [-0.2, 0) is 25.4 Å². The van der Waals surface area contributed by atoms with E-state index >= 15 is 0 Å². The average Bonchev–Trinajstić information content (AvgIpc) is 2.52. The number of hydrogen-bond donors (Lipinski definition) is 0. The number of rotatable bonds is 11. The lowest BCUT2D eigenvalue weighted by molar-refractivity contribution is -0.171. The molecular weight excluding hydrogens is 302 g/mol. The fourth-order valence-corrected chi connectivity index (χ4v) is 3.20. The van der Waals surface area contributed by atoms with Gasteiger partial charge in [0.15, 0.2) is 5.78 Å². The van der Waals surface area contributed by atoms with Crippen molar-refractivity contribution >= 4 is 17.5 Å². The van der Waals surface area contributed by atoms with E-state index in [0.29, 0.717) is 12.4 Å². The van der Waals surface area contributed by atoms with Crippen LogP contribution in [0.25, 0.3) is 0 Å². The maximum atomic E-state index is 12.4. The molecule has 0 aliphatic heterocycles.